The molecule has 0 saturated carbocycles. The summed E-state index contributed by atoms with van der Waals surface area (Å²) in [6.07, 6.45) is 9.46. The molecule has 3 N–H and O–H groups in total. The lowest BCUT2D eigenvalue weighted by atomic mass is 9.71. The van der Waals surface area contributed by atoms with Crippen LogP contribution in [0, 0.1) is 23.7 Å². The molecule has 6 heterocycles. The van der Waals surface area contributed by atoms with Crippen LogP contribution in [-0.4, -0.2) is 140 Å². The Labute approximate surface area is 385 Å². The molecule has 15 heteroatoms. The summed E-state index contributed by atoms with van der Waals surface area (Å²) in [5.41, 5.74) is 0.116. The normalized spacial score (nSPS) is 47.3. The summed E-state index contributed by atoms with van der Waals surface area (Å²) < 4.78 is 64.4. The molecule has 6 aliphatic heterocycles. The number of rotatable bonds is 9. The summed E-state index contributed by atoms with van der Waals surface area (Å²) in [7, 11) is 3.27. The van der Waals surface area contributed by atoms with Crippen molar-refractivity contribution in [2.45, 2.75) is 198 Å². The minimum atomic E-state index is -1.84. The third-order valence-electron chi connectivity index (χ3n) is 14.9. The van der Waals surface area contributed by atoms with Crippen LogP contribution >= 0.6 is 0 Å². The molecular weight excluding hydrogens is 839 g/mol. The van der Waals surface area contributed by atoms with Crippen molar-refractivity contribution in [3.8, 4) is 0 Å². The van der Waals surface area contributed by atoms with E-state index >= 15 is 0 Å². The van der Waals surface area contributed by atoms with Gasteiger partial charge in [0.1, 0.15) is 35.9 Å². The zero-order chi connectivity index (χ0) is 47.0. The summed E-state index contributed by atoms with van der Waals surface area (Å²) in [6, 6.07) is -0.315. The van der Waals surface area contributed by atoms with Crippen LogP contribution in [0.4, 0.5) is 0 Å². The molecule has 4 saturated heterocycles. The van der Waals surface area contributed by atoms with Gasteiger partial charge in [-0.15, -0.1) is 0 Å². The van der Waals surface area contributed by atoms with Crippen LogP contribution in [0.2, 0.25) is 0 Å². The molecule has 0 radical (unpaired) electrons. The number of amides is 1. The van der Waals surface area contributed by atoms with E-state index in [2.05, 4.69) is 45.2 Å². The monoisotopic (exact) mass is 914 g/mol. The van der Waals surface area contributed by atoms with Crippen LogP contribution in [0.1, 0.15) is 101 Å². The molecule has 0 unspecified atom stereocenters. The van der Waals surface area contributed by atoms with Gasteiger partial charge in [-0.25, -0.2) is 0 Å². The van der Waals surface area contributed by atoms with Crippen LogP contribution in [0.3, 0.4) is 0 Å². The number of aliphatic hydroxyl groups excluding tert-OH is 1. The highest BCUT2D eigenvalue weighted by Gasteiger charge is 2.60. The molecule has 0 aromatic carbocycles. The number of esters is 1. The van der Waals surface area contributed by atoms with Crippen molar-refractivity contribution in [3.05, 3.63) is 59.3 Å². The van der Waals surface area contributed by atoms with Crippen molar-refractivity contribution in [2.24, 2.45) is 23.7 Å². The summed E-state index contributed by atoms with van der Waals surface area (Å²) in [4.78, 5) is 26.3. The van der Waals surface area contributed by atoms with E-state index < -0.39 is 84.7 Å². The van der Waals surface area contributed by atoms with Gasteiger partial charge in [-0.1, -0.05) is 70.6 Å². The number of fused-ring (bicyclic) bond motifs is 2. The van der Waals surface area contributed by atoms with Gasteiger partial charge >= 0.3 is 5.97 Å². The average Bonchev–Trinajstić information content (AvgIpc) is 3.61. The summed E-state index contributed by atoms with van der Waals surface area (Å²) >= 11 is 0. The number of methoxy groups -OCH3 is 2. The summed E-state index contributed by atoms with van der Waals surface area (Å²) in [5.74, 6) is -2.75. The quantitative estimate of drug-likeness (QED) is 0.195. The van der Waals surface area contributed by atoms with E-state index in [1.54, 1.807) is 33.3 Å². The van der Waals surface area contributed by atoms with Crippen molar-refractivity contribution in [1.82, 2.24) is 5.32 Å². The fourth-order valence-electron chi connectivity index (χ4n) is 11.0. The zero-order valence-corrected chi connectivity index (χ0v) is 40.2. The Morgan fingerprint density at radius 2 is 1.65 bits per heavy atom. The Hall–Kier alpha value is -2.80. The van der Waals surface area contributed by atoms with Crippen molar-refractivity contribution < 1.29 is 67.2 Å². The van der Waals surface area contributed by atoms with Gasteiger partial charge in [0.05, 0.1) is 55.4 Å². The number of ether oxygens (including phenoxy) is 10. The Morgan fingerprint density at radius 1 is 0.938 bits per heavy atom. The number of hydrogen-bond donors (Lipinski definition) is 3. The van der Waals surface area contributed by atoms with Crippen molar-refractivity contribution in [3.63, 3.8) is 0 Å². The van der Waals surface area contributed by atoms with E-state index in [9.17, 15) is 19.8 Å². The SMILES string of the molecule is CC[C@H](C)[C@@H]1O[C@]2(C=C[C@@H]1C)C[C@H]1C[C@@H](C/C=C(\C)[C@H](O[C@@H]3C[C@H](OC)[C@H](O[C@@H]4C[C@H](OC)[C@H](NC(C)=O)[C@H](C)O4)[C@H](C)O3)[C@H](C)/C=C/C=C3\CO[C@@H]4[C@H](O)C(C)=C[C@H](C(=O)O1)[C@@]34O)O2. The highest BCUT2D eigenvalue weighted by molar-refractivity contribution is 5.78. The Morgan fingerprint density at radius 3 is 2.35 bits per heavy atom. The number of aliphatic hydroxyl groups is 2. The molecule has 7 rings (SSSR count). The topological polar surface area (TPSA) is 179 Å². The van der Waals surface area contributed by atoms with E-state index in [4.69, 9.17) is 47.4 Å². The maximum Gasteiger partial charge on any atom is 0.316 e. The molecule has 15 nitrogen and oxygen atoms in total. The summed E-state index contributed by atoms with van der Waals surface area (Å²) in [6.45, 7) is 17.7. The smallest absolute Gasteiger partial charge is 0.316 e. The summed E-state index contributed by atoms with van der Waals surface area (Å²) in [5, 5.41) is 26.7. The molecule has 1 aliphatic carbocycles. The fraction of sp³-hybridized carbons (Fsp3) is 0.760. The van der Waals surface area contributed by atoms with Crippen LogP contribution in [0.15, 0.2) is 59.3 Å². The largest absolute Gasteiger partial charge is 0.462 e. The molecular formula is C50H75NO14. The van der Waals surface area contributed by atoms with E-state index in [0.717, 1.165) is 12.0 Å². The molecule has 1 spiro atoms. The lowest BCUT2D eigenvalue weighted by molar-refractivity contribution is -0.311. The molecule has 7 aliphatic rings. The van der Waals surface area contributed by atoms with Crippen LogP contribution in [-0.2, 0) is 57.0 Å². The predicted octanol–water partition coefficient (Wildman–Crippen LogP) is 5.52. The minimum Gasteiger partial charge on any atom is -0.462 e. The molecule has 0 aromatic rings. The lowest BCUT2D eigenvalue weighted by Crippen LogP contribution is -2.58. The first-order chi connectivity index (χ1) is 30.9. The van der Waals surface area contributed by atoms with Crippen LogP contribution in [0.25, 0.3) is 0 Å². The first kappa shape index (κ1) is 50.1. The van der Waals surface area contributed by atoms with Gasteiger partial charge in [0, 0.05) is 58.7 Å². The minimum absolute atomic E-state index is 0.0270. The number of hydrogen-bond acceptors (Lipinski definition) is 14. The maximum absolute atomic E-state index is 14.4. The first-order valence-electron chi connectivity index (χ1n) is 23.8. The van der Waals surface area contributed by atoms with E-state index in [1.807, 2.05) is 39.0 Å². The Bertz CT molecular complexity index is 1850. The van der Waals surface area contributed by atoms with Crippen LogP contribution < -0.4 is 5.32 Å². The fourth-order valence-corrected chi connectivity index (χ4v) is 11.0. The van der Waals surface area contributed by atoms with E-state index in [0.29, 0.717) is 36.8 Å². The highest BCUT2D eigenvalue weighted by Crippen LogP contribution is 2.47. The molecule has 1 amide bonds. The first-order valence-corrected chi connectivity index (χ1v) is 23.8. The second kappa shape index (κ2) is 20.8. The van der Waals surface area contributed by atoms with E-state index in [-0.39, 0.29) is 61.0 Å². The zero-order valence-electron chi connectivity index (χ0n) is 40.2. The van der Waals surface area contributed by atoms with Crippen LogP contribution in [0.5, 0.6) is 0 Å². The molecule has 20 atom stereocenters. The molecule has 2 bridgehead atoms. The average molecular weight is 914 g/mol. The third-order valence-corrected chi connectivity index (χ3v) is 14.9. The number of carbonyl (C=O) groups excluding carboxylic acids is 2. The van der Waals surface area contributed by atoms with Gasteiger partial charge in [-0.3, -0.25) is 9.59 Å². The predicted molar refractivity (Wildman–Crippen MR) is 239 cm³/mol. The number of allylic oxidation sites excluding steroid dienone is 2. The lowest BCUT2D eigenvalue weighted by Gasteiger charge is -2.48. The molecule has 65 heavy (non-hydrogen) atoms. The van der Waals surface area contributed by atoms with E-state index in [1.165, 1.54) is 6.92 Å². The standard InChI is InChI=1S/C50H75NO14/c1-12-26(2)45-29(5)18-19-49(65-45)24-36-21-35(64-49)17-16-28(4)44(27(3)14-13-15-34-25-58-47-43(53)30(6)20-37(48(54)61-36)50(34,47)55)62-41-23-39(57-11)46(32(8)60-41)63-40-22-38(56-10)42(31(7)59-40)51-33(9)52/h13-16,18-20,26-27,29,31-32,35-47,53,55H,12,17,21-25H2,1-11H3,(H,51,52)/b14-13+,28-16+,34-15+/t26-,27+,29-,31-,32-,35+,36+,37+,38-,39-,40+,41+,42+,43+,44+,45-,46+,47+,49+,50-/m0/s1. The van der Waals surface area contributed by atoms with Crippen molar-refractivity contribution in [2.75, 3.05) is 20.8 Å². The third kappa shape index (κ3) is 10.6. The Kier molecular flexibility index (Phi) is 16.0. The second-order valence-electron chi connectivity index (χ2n) is 19.7. The number of nitrogens with one attached hydrogen (secondary N) is 1. The molecule has 364 valence electrons. The maximum atomic E-state index is 14.4. The molecule has 0 aromatic heterocycles. The van der Waals surface area contributed by atoms with Crippen molar-refractivity contribution >= 4 is 11.9 Å². The number of carbonyl (C=O) groups is 2. The van der Waals surface area contributed by atoms with Gasteiger partial charge in [-0.2, -0.15) is 0 Å². The van der Waals surface area contributed by atoms with Gasteiger partial charge < -0.3 is 62.9 Å². The van der Waals surface area contributed by atoms with Crippen molar-refractivity contribution in [1.29, 1.82) is 0 Å². The Balaban J connectivity index is 1.16. The highest BCUT2D eigenvalue weighted by atomic mass is 16.7. The second-order valence-corrected chi connectivity index (χ2v) is 19.7. The molecule has 4 fully saturated rings. The van der Waals surface area contributed by atoms with Gasteiger partial charge in [0.15, 0.2) is 18.4 Å². The van der Waals surface area contributed by atoms with Gasteiger partial charge in [-0.05, 0) is 62.8 Å². The van der Waals surface area contributed by atoms with Gasteiger partial charge in [0.2, 0.25) is 5.91 Å². The van der Waals surface area contributed by atoms with Gasteiger partial charge in [0.25, 0.3) is 0 Å².